The quantitative estimate of drug-likeness (QED) is 0.727. The van der Waals surface area contributed by atoms with Gasteiger partial charge in [0, 0.05) is 5.69 Å². The van der Waals surface area contributed by atoms with Crippen LogP contribution in [0.25, 0.3) is 0 Å². The van der Waals surface area contributed by atoms with Crippen LogP contribution < -0.4 is 5.32 Å². The molecule has 1 aromatic carbocycles. The molecule has 13 heavy (non-hydrogen) atoms. The fourth-order valence-corrected chi connectivity index (χ4v) is 1.26. The average molecular weight is 179 g/mol. The van der Waals surface area contributed by atoms with E-state index < -0.39 is 0 Å². The third-order valence-electron chi connectivity index (χ3n) is 2.15. The molecule has 2 rings (SSSR count). The molecule has 0 aromatic heterocycles. The molecule has 3 heteroatoms. The molecule has 3 nitrogen and oxygen atoms in total. The topological polar surface area (TPSA) is 41.5 Å². The molecule has 1 aromatic rings. The van der Waals surface area contributed by atoms with Crippen molar-refractivity contribution in [2.75, 3.05) is 18.5 Å². The minimum atomic E-state index is 0.104. The third kappa shape index (κ3) is 1.99. The van der Waals surface area contributed by atoms with Gasteiger partial charge in [-0.15, -0.1) is 0 Å². The summed E-state index contributed by atoms with van der Waals surface area (Å²) in [4.78, 5) is 0. The molecule has 1 saturated heterocycles. The molecule has 1 heterocycles. The summed E-state index contributed by atoms with van der Waals surface area (Å²) in [5.74, 6) is 0. The monoisotopic (exact) mass is 179 g/mol. The first-order valence-corrected chi connectivity index (χ1v) is 4.42. The van der Waals surface area contributed by atoms with Crippen molar-refractivity contribution >= 4 is 5.69 Å². The van der Waals surface area contributed by atoms with E-state index in [1.165, 1.54) is 0 Å². The molecule has 70 valence electrons. The number of ether oxygens (including phenoxy) is 1. The van der Waals surface area contributed by atoms with Crippen molar-refractivity contribution in [3.05, 3.63) is 29.8 Å². The highest BCUT2D eigenvalue weighted by Gasteiger charge is 2.17. The number of hydrogen-bond acceptors (Lipinski definition) is 3. The van der Waals surface area contributed by atoms with Crippen molar-refractivity contribution in [2.24, 2.45) is 0 Å². The SMILES string of the molecule is OCc1ccc(NC2COC2)cc1. The largest absolute Gasteiger partial charge is 0.392 e. The van der Waals surface area contributed by atoms with Crippen LogP contribution >= 0.6 is 0 Å². The Morgan fingerprint density at radius 1 is 1.31 bits per heavy atom. The Morgan fingerprint density at radius 2 is 2.00 bits per heavy atom. The van der Waals surface area contributed by atoms with Gasteiger partial charge >= 0.3 is 0 Å². The van der Waals surface area contributed by atoms with E-state index in [0.29, 0.717) is 6.04 Å². The van der Waals surface area contributed by atoms with Gasteiger partial charge < -0.3 is 15.2 Å². The molecule has 1 aliphatic heterocycles. The smallest absolute Gasteiger partial charge is 0.0728 e. The molecular weight excluding hydrogens is 166 g/mol. The van der Waals surface area contributed by atoms with Crippen LogP contribution in [0.4, 0.5) is 5.69 Å². The molecule has 0 bridgehead atoms. The van der Waals surface area contributed by atoms with Crippen LogP contribution in [0.15, 0.2) is 24.3 Å². The standard InChI is InChI=1S/C10H13NO2/c12-5-8-1-3-9(4-2-8)11-10-6-13-7-10/h1-4,10-12H,5-7H2. The molecule has 0 radical (unpaired) electrons. The molecular formula is C10H13NO2. The van der Waals surface area contributed by atoms with E-state index in [4.69, 9.17) is 9.84 Å². The van der Waals surface area contributed by atoms with Crippen LogP contribution in [0.3, 0.4) is 0 Å². The van der Waals surface area contributed by atoms with Gasteiger partial charge in [-0.05, 0) is 17.7 Å². The first kappa shape index (κ1) is 8.53. The van der Waals surface area contributed by atoms with Gasteiger partial charge in [0.25, 0.3) is 0 Å². The number of rotatable bonds is 3. The van der Waals surface area contributed by atoms with Crippen LogP contribution in [0, 0.1) is 0 Å². The van der Waals surface area contributed by atoms with Crippen LogP contribution in [0.1, 0.15) is 5.56 Å². The molecule has 0 atom stereocenters. The summed E-state index contributed by atoms with van der Waals surface area (Å²) in [6.45, 7) is 1.69. The lowest BCUT2D eigenvalue weighted by Crippen LogP contribution is -2.40. The summed E-state index contributed by atoms with van der Waals surface area (Å²) in [6, 6.07) is 8.25. The summed E-state index contributed by atoms with van der Waals surface area (Å²) >= 11 is 0. The van der Waals surface area contributed by atoms with Gasteiger partial charge in [0.2, 0.25) is 0 Å². The highest BCUT2D eigenvalue weighted by molar-refractivity contribution is 5.45. The summed E-state index contributed by atoms with van der Waals surface area (Å²) in [6.07, 6.45) is 0. The predicted molar refractivity (Wildman–Crippen MR) is 50.6 cm³/mol. The molecule has 0 spiro atoms. The van der Waals surface area contributed by atoms with Crippen molar-refractivity contribution in [2.45, 2.75) is 12.6 Å². The third-order valence-corrected chi connectivity index (χ3v) is 2.15. The summed E-state index contributed by atoms with van der Waals surface area (Å²) in [5, 5.41) is 12.2. The van der Waals surface area contributed by atoms with Crippen LogP contribution in [0.2, 0.25) is 0 Å². The molecule has 1 aliphatic rings. The predicted octanol–water partition coefficient (Wildman–Crippen LogP) is 0.990. The van der Waals surface area contributed by atoms with E-state index >= 15 is 0 Å². The zero-order chi connectivity index (χ0) is 9.10. The number of aliphatic hydroxyl groups excluding tert-OH is 1. The molecule has 1 fully saturated rings. The van der Waals surface area contributed by atoms with Crippen molar-refractivity contribution in [1.82, 2.24) is 0 Å². The average Bonchev–Trinajstić information content (AvgIpc) is 2.12. The molecule has 0 amide bonds. The minimum Gasteiger partial charge on any atom is -0.392 e. The number of anilines is 1. The van der Waals surface area contributed by atoms with Gasteiger partial charge in [-0.1, -0.05) is 12.1 Å². The highest BCUT2D eigenvalue weighted by Crippen LogP contribution is 2.13. The van der Waals surface area contributed by atoms with Crippen LogP contribution in [0.5, 0.6) is 0 Å². The second kappa shape index (κ2) is 3.77. The van der Waals surface area contributed by atoms with Gasteiger partial charge in [-0.2, -0.15) is 0 Å². The minimum absolute atomic E-state index is 0.104. The summed E-state index contributed by atoms with van der Waals surface area (Å²) < 4.78 is 5.05. The first-order chi connectivity index (χ1) is 6.38. The molecule has 0 saturated carbocycles. The number of nitrogens with one attached hydrogen (secondary N) is 1. The van der Waals surface area contributed by atoms with Crippen molar-refractivity contribution < 1.29 is 9.84 Å². The second-order valence-corrected chi connectivity index (χ2v) is 3.23. The van der Waals surface area contributed by atoms with Crippen LogP contribution in [-0.2, 0) is 11.3 Å². The Labute approximate surface area is 77.3 Å². The van der Waals surface area contributed by atoms with Crippen molar-refractivity contribution in [3.8, 4) is 0 Å². The Hall–Kier alpha value is -1.06. The maximum atomic E-state index is 8.83. The van der Waals surface area contributed by atoms with Gasteiger partial charge in [-0.25, -0.2) is 0 Å². The van der Waals surface area contributed by atoms with Crippen molar-refractivity contribution in [1.29, 1.82) is 0 Å². The Bertz CT molecular complexity index is 267. The van der Waals surface area contributed by atoms with Crippen molar-refractivity contribution in [3.63, 3.8) is 0 Å². The zero-order valence-corrected chi connectivity index (χ0v) is 7.36. The van der Waals surface area contributed by atoms with Crippen LogP contribution in [-0.4, -0.2) is 24.4 Å². The number of aliphatic hydroxyl groups is 1. The van der Waals surface area contributed by atoms with E-state index in [-0.39, 0.29) is 6.61 Å². The maximum Gasteiger partial charge on any atom is 0.0728 e. The lowest BCUT2D eigenvalue weighted by atomic mass is 10.2. The van der Waals surface area contributed by atoms with Gasteiger partial charge in [0.1, 0.15) is 0 Å². The van der Waals surface area contributed by atoms with Gasteiger partial charge in [0.15, 0.2) is 0 Å². The molecule has 0 unspecified atom stereocenters. The van der Waals surface area contributed by atoms with Gasteiger partial charge in [0.05, 0.1) is 25.9 Å². The summed E-state index contributed by atoms with van der Waals surface area (Å²) in [7, 11) is 0. The zero-order valence-electron chi connectivity index (χ0n) is 7.36. The number of hydrogen-bond donors (Lipinski definition) is 2. The fourth-order valence-electron chi connectivity index (χ4n) is 1.26. The number of benzene rings is 1. The van der Waals surface area contributed by atoms with E-state index in [1.807, 2.05) is 24.3 Å². The Kier molecular flexibility index (Phi) is 2.47. The summed E-state index contributed by atoms with van der Waals surface area (Å²) in [5.41, 5.74) is 2.03. The Balaban J connectivity index is 1.96. The lowest BCUT2D eigenvalue weighted by molar-refractivity contribution is 0.0211. The van der Waals surface area contributed by atoms with Gasteiger partial charge in [-0.3, -0.25) is 0 Å². The fraction of sp³-hybridized carbons (Fsp3) is 0.400. The Morgan fingerprint density at radius 3 is 2.46 bits per heavy atom. The maximum absolute atomic E-state index is 8.83. The first-order valence-electron chi connectivity index (χ1n) is 4.42. The highest BCUT2D eigenvalue weighted by atomic mass is 16.5. The molecule has 2 N–H and O–H groups in total. The van der Waals surface area contributed by atoms with E-state index in [1.54, 1.807) is 0 Å². The van der Waals surface area contributed by atoms with E-state index in [0.717, 1.165) is 24.5 Å². The van der Waals surface area contributed by atoms with E-state index in [2.05, 4.69) is 5.32 Å². The van der Waals surface area contributed by atoms with E-state index in [9.17, 15) is 0 Å². The normalized spacial score (nSPS) is 16.7. The lowest BCUT2D eigenvalue weighted by Gasteiger charge is -2.27. The molecule has 0 aliphatic carbocycles. The second-order valence-electron chi connectivity index (χ2n) is 3.23.